The molecule has 4 heteroatoms. The molecule has 0 aliphatic carbocycles. The first kappa shape index (κ1) is 8.86. The van der Waals surface area contributed by atoms with Crippen molar-refractivity contribution in [2.75, 3.05) is 14.1 Å². The van der Waals surface area contributed by atoms with E-state index in [0.29, 0.717) is 0 Å². The van der Waals surface area contributed by atoms with Crippen molar-refractivity contribution in [2.45, 2.75) is 13.0 Å². The van der Waals surface area contributed by atoms with Gasteiger partial charge in [0.05, 0.1) is 9.47 Å². The summed E-state index contributed by atoms with van der Waals surface area (Å²) in [5.74, 6) is -0.231. The van der Waals surface area contributed by atoms with Crippen LogP contribution in [-0.4, -0.2) is 31.0 Å². The van der Waals surface area contributed by atoms with Crippen molar-refractivity contribution in [1.82, 2.24) is 4.90 Å². The SMILES string of the molecule is C[C@@H](C(=O)OP)N(C)C. The molecule has 0 bridgehead atoms. The Bertz CT molecular complexity index is 105. The Morgan fingerprint density at radius 1 is 1.67 bits per heavy atom. The predicted molar refractivity (Wildman–Crippen MR) is 39.0 cm³/mol. The van der Waals surface area contributed by atoms with Crippen molar-refractivity contribution in [3.63, 3.8) is 0 Å². The molecule has 0 N–H and O–H groups in total. The summed E-state index contributed by atoms with van der Waals surface area (Å²) < 4.78 is 4.41. The lowest BCUT2D eigenvalue weighted by molar-refractivity contribution is -0.137. The van der Waals surface area contributed by atoms with E-state index in [1.807, 2.05) is 23.6 Å². The molecule has 0 aromatic carbocycles. The molecule has 9 heavy (non-hydrogen) atoms. The van der Waals surface area contributed by atoms with E-state index in [-0.39, 0.29) is 12.0 Å². The molecule has 0 aliphatic rings. The van der Waals surface area contributed by atoms with Gasteiger partial charge in [-0.1, -0.05) is 0 Å². The summed E-state index contributed by atoms with van der Waals surface area (Å²) in [6, 6.07) is -0.164. The van der Waals surface area contributed by atoms with E-state index in [2.05, 4.69) is 4.52 Å². The van der Waals surface area contributed by atoms with Crippen LogP contribution in [0.4, 0.5) is 0 Å². The summed E-state index contributed by atoms with van der Waals surface area (Å²) in [4.78, 5) is 12.5. The summed E-state index contributed by atoms with van der Waals surface area (Å²) in [6.07, 6.45) is 0. The van der Waals surface area contributed by atoms with Crippen LogP contribution in [0.5, 0.6) is 0 Å². The zero-order valence-electron chi connectivity index (χ0n) is 5.92. The number of carbonyl (C=O) groups is 1. The van der Waals surface area contributed by atoms with Crippen LogP contribution >= 0.6 is 9.47 Å². The first-order valence-electron chi connectivity index (χ1n) is 2.66. The van der Waals surface area contributed by atoms with E-state index in [0.717, 1.165) is 0 Å². The van der Waals surface area contributed by atoms with Gasteiger partial charge in [-0.2, -0.15) is 0 Å². The van der Waals surface area contributed by atoms with Gasteiger partial charge in [-0.25, -0.2) is 0 Å². The number of hydrogen-bond acceptors (Lipinski definition) is 3. The number of hydrogen-bond donors (Lipinski definition) is 0. The summed E-state index contributed by atoms with van der Waals surface area (Å²) in [5.41, 5.74) is 0. The molecule has 0 heterocycles. The highest BCUT2D eigenvalue weighted by atomic mass is 31.0. The van der Waals surface area contributed by atoms with Crippen molar-refractivity contribution in [3.05, 3.63) is 0 Å². The molecule has 0 saturated heterocycles. The lowest BCUT2D eigenvalue weighted by Gasteiger charge is -2.15. The maximum absolute atomic E-state index is 10.7. The standard InChI is InChI=1S/C5H12NO2P/c1-4(6(2)3)5(7)8-9/h4H,9H2,1-3H3/t4-/m0/s1. The average molecular weight is 149 g/mol. The van der Waals surface area contributed by atoms with Gasteiger partial charge in [-0.05, 0) is 21.0 Å². The van der Waals surface area contributed by atoms with Crippen LogP contribution in [0.15, 0.2) is 0 Å². The number of likely N-dealkylation sites (N-methyl/N-ethyl adjacent to an activating group) is 1. The Kier molecular flexibility index (Phi) is 3.75. The minimum absolute atomic E-state index is 0.164. The second kappa shape index (κ2) is 3.80. The maximum Gasteiger partial charge on any atom is 0.325 e. The van der Waals surface area contributed by atoms with Gasteiger partial charge in [0.15, 0.2) is 0 Å². The summed E-state index contributed by atoms with van der Waals surface area (Å²) >= 11 is 0. The minimum atomic E-state index is -0.231. The number of rotatable bonds is 2. The molecule has 0 aromatic rings. The Morgan fingerprint density at radius 2 is 2.11 bits per heavy atom. The Morgan fingerprint density at radius 3 is 2.22 bits per heavy atom. The monoisotopic (exact) mass is 149 g/mol. The van der Waals surface area contributed by atoms with Gasteiger partial charge in [0.2, 0.25) is 0 Å². The smallest absolute Gasteiger partial charge is 0.325 e. The van der Waals surface area contributed by atoms with E-state index >= 15 is 0 Å². The predicted octanol–water partition coefficient (Wildman–Crippen LogP) is 0.270. The highest BCUT2D eigenvalue weighted by Gasteiger charge is 2.13. The summed E-state index contributed by atoms with van der Waals surface area (Å²) in [6.45, 7) is 1.78. The molecule has 0 aliphatic heterocycles. The fourth-order valence-corrected chi connectivity index (χ4v) is 0.506. The van der Waals surface area contributed by atoms with Crippen LogP contribution in [0, 0.1) is 0 Å². The van der Waals surface area contributed by atoms with Crippen LogP contribution in [-0.2, 0) is 9.32 Å². The molecule has 0 fully saturated rings. The Balaban J connectivity index is 3.72. The highest BCUT2D eigenvalue weighted by molar-refractivity contribution is 7.10. The average Bonchev–Trinajstić information content (AvgIpc) is 1.84. The molecule has 0 saturated carbocycles. The van der Waals surface area contributed by atoms with Crippen molar-refractivity contribution in [1.29, 1.82) is 0 Å². The van der Waals surface area contributed by atoms with Crippen molar-refractivity contribution in [3.8, 4) is 0 Å². The van der Waals surface area contributed by atoms with E-state index < -0.39 is 0 Å². The topological polar surface area (TPSA) is 29.5 Å². The van der Waals surface area contributed by atoms with Gasteiger partial charge in [-0.15, -0.1) is 0 Å². The fraction of sp³-hybridized carbons (Fsp3) is 0.800. The number of nitrogens with zero attached hydrogens (tertiary/aromatic N) is 1. The Hall–Kier alpha value is -0.140. The molecular formula is C5H12NO2P. The zero-order valence-corrected chi connectivity index (χ0v) is 7.07. The van der Waals surface area contributed by atoms with Gasteiger partial charge in [0.1, 0.15) is 6.04 Å². The van der Waals surface area contributed by atoms with Crippen LogP contribution < -0.4 is 0 Å². The number of carbonyl (C=O) groups excluding carboxylic acids is 1. The molecule has 1 unspecified atom stereocenters. The quantitative estimate of drug-likeness (QED) is 0.528. The summed E-state index contributed by atoms with van der Waals surface area (Å²) in [7, 11) is 5.58. The first-order valence-corrected chi connectivity index (χ1v) is 3.13. The van der Waals surface area contributed by atoms with E-state index in [1.165, 1.54) is 0 Å². The van der Waals surface area contributed by atoms with Crippen molar-refractivity contribution >= 4 is 15.4 Å². The third-order valence-electron chi connectivity index (χ3n) is 1.23. The second-order valence-electron chi connectivity index (χ2n) is 2.08. The first-order chi connectivity index (χ1) is 4.09. The van der Waals surface area contributed by atoms with E-state index in [1.54, 1.807) is 11.8 Å². The maximum atomic E-state index is 10.7. The largest absolute Gasteiger partial charge is 0.450 e. The third-order valence-corrected chi connectivity index (χ3v) is 1.46. The zero-order chi connectivity index (χ0) is 7.44. The van der Waals surface area contributed by atoms with Gasteiger partial charge in [0.25, 0.3) is 0 Å². The van der Waals surface area contributed by atoms with Crippen LogP contribution in [0.25, 0.3) is 0 Å². The van der Waals surface area contributed by atoms with Gasteiger partial charge < -0.3 is 4.52 Å². The molecular weight excluding hydrogens is 137 g/mol. The highest BCUT2D eigenvalue weighted by Crippen LogP contribution is 1.97. The van der Waals surface area contributed by atoms with E-state index in [4.69, 9.17) is 0 Å². The minimum Gasteiger partial charge on any atom is -0.450 e. The third kappa shape index (κ3) is 2.78. The Labute approximate surface area is 57.7 Å². The van der Waals surface area contributed by atoms with Gasteiger partial charge in [0, 0.05) is 0 Å². The molecule has 54 valence electrons. The van der Waals surface area contributed by atoms with E-state index in [9.17, 15) is 4.79 Å². The molecule has 3 nitrogen and oxygen atoms in total. The van der Waals surface area contributed by atoms with Crippen LogP contribution in [0.2, 0.25) is 0 Å². The molecule has 2 atom stereocenters. The van der Waals surface area contributed by atoms with Gasteiger partial charge >= 0.3 is 5.97 Å². The van der Waals surface area contributed by atoms with Crippen molar-refractivity contribution in [2.24, 2.45) is 0 Å². The summed E-state index contributed by atoms with van der Waals surface area (Å²) in [5, 5.41) is 0. The second-order valence-corrected chi connectivity index (χ2v) is 2.31. The molecule has 0 amide bonds. The molecule has 0 radical (unpaired) electrons. The van der Waals surface area contributed by atoms with Crippen molar-refractivity contribution < 1.29 is 9.32 Å². The lowest BCUT2D eigenvalue weighted by Crippen LogP contribution is -2.32. The van der Waals surface area contributed by atoms with Gasteiger partial charge in [-0.3, -0.25) is 9.69 Å². The van der Waals surface area contributed by atoms with Crippen LogP contribution in [0.3, 0.4) is 0 Å². The normalized spacial score (nSPS) is 13.4. The molecule has 0 rings (SSSR count). The lowest BCUT2D eigenvalue weighted by atomic mass is 10.3. The fourth-order valence-electron chi connectivity index (χ4n) is 0.309. The van der Waals surface area contributed by atoms with Crippen LogP contribution in [0.1, 0.15) is 6.92 Å². The molecule has 0 spiro atoms. The molecule has 0 aromatic heterocycles.